The molecule has 18 heavy (non-hydrogen) atoms. The van der Waals surface area contributed by atoms with Gasteiger partial charge < -0.3 is 16.0 Å². The highest BCUT2D eigenvalue weighted by molar-refractivity contribution is 5.37. The lowest BCUT2D eigenvalue weighted by atomic mass is 10.1. The molecule has 1 aromatic rings. The van der Waals surface area contributed by atoms with Crippen LogP contribution in [-0.4, -0.2) is 31.1 Å². The van der Waals surface area contributed by atoms with Crippen molar-refractivity contribution in [3.8, 4) is 0 Å². The van der Waals surface area contributed by atoms with Gasteiger partial charge in [-0.25, -0.2) is 0 Å². The topological polar surface area (TPSA) is 41.3 Å². The first-order valence-corrected chi connectivity index (χ1v) is 6.87. The van der Waals surface area contributed by atoms with Crippen LogP contribution in [0.4, 0.5) is 0 Å². The maximum absolute atomic E-state index is 6.17. The van der Waals surface area contributed by atoms with Gasteiger partial charge in [-0.15, -0.1) is 0 Å². The summed E-state index contributed by atoms with van der Waals surface area (Å²) in [5.41, 5.74) is 8.86. The molecule has 0 fully saturated rings. The Morgan fingerprint density at radius 1 is 1.33 bits per heavy atom. The van der Waals surface area contributed by atoms with Crippen molar-refractivity contribution in [2.45, 2.75) is 38.4 Å². The number of likely N-dealkylation sites (N-methyl/N-ethyl adjacent to an activating group) is 1. The van der Waals surface area contributed by atoms with Crippen LogP contribution in [0.1, 0.15) is 43.5 Å². The van der Waals surface area contributed by atoms with Crippen LogP contribution in [0, 0.1) is 0 Å². The second kappa shape index (κ2) is 5.83. The van der Waals surface area contributed by atoms with Gasteiger partial charge in [0, 0.05) is 31.2 Å². The Morgan fingerprint density at radius 3 is 2.67 bits per heavy atom. The summed E-state index contributed by atoms with van der Waals surface area (Å²) in [7, 11) is 2.17. The van der Waals surface area contributed by atoms with Crippen molar-refractivity contribution in [1.82, 2.24) is 10.2 Å². The van der Waals surface area contributed by atoms with Crippen molar-refractivity contribution in [2.24, 2.45) is 5.73 Å². The molecule has 1 aromatic carbocycles. The molecule has 0 saturated carbocycles. The van der Waals surface area contributed by atoms with Crippen LogP contribution in [0.3, 0.4) is 0 Å². The van der Waals surface area contributed by atoms with E-state index in [0.717, 1.165) is 19.5 Å². The van der Waals surface area contributed by atoms with E-state index in [1.54, 1.807) is 0 Å². The zero-order chi connectivity index (χ0) is 13.1. The third-order valence-corrected chi connectivity index (χ3v) is 4.00. The maximum atomic E-state index is 6.17. The van der Waals surface area contributed by atoms with Gasteiger partial charge in [-0.2, -0.15) is 0 Å². The van der Waals surface area contributed by atoms with Crippen LogP contribution in [-0.2, 0) is 0 Å². The molecule has 0 aromatic heterocycles. The SMILES string of the molecule is CC(C)N(C)CCNC1CC(N)c2ccccc21. The lowest BCUT2D eigenvalue weighted by Crippen LogP contribution is -2.34. The molecule has 0 amide bonds. The summed E-state index contributed by atoms with van der Waals surface area (Å²) in [6.07, 6.45) is 1.02. The first-order valence-electron chi connectivity index (χ1n) is 6.87. The number of nitrogens with zero attached hydrogens (tertiary/aromatic N) is 1. The van der Waals surface area contributed by atoms with Gasteiger partial charge in [0.2, 0.25) is 0 Å². The van der Waals surface area contributed by atoms with E-state index in [-0.39, 0.29) is 6.04 Å². The van der Waals surface area contributed by atoms with Crippen LogP contribution in [0.2, 0.25) is 0 Å². The lowest BCUT2D eigenvalue weighted by Gasteiger charge is -2.22. The zero-order valence-electron chi connectivity index (χ0n) is 11.7. The Balaban J connectivity index is 1.89. The fourth-order valence-corrected chi connectivity index (χ4v) is 2.54. The van der Waals surface area contributed by atoms with Crippen molar-refractivity contribution < 1.29 is 0 Å². The normalized spacial score (nSPS) is 22.8. The van der Waals surface area contributed by atoms with E-state index in [4.69, 9.17) is 5.73 Å². The van der Waals surface area contributed by atoms with Crippen molar-refractivity contribution >= 4 is 0 Å². The summed E-state index contributed by atoms with van der Waals surface area (Å²) in [4.78, 5) is 2.35. The first-order chi connectivity index (χ1) is 8.59. The molecule has 1 aliphatic rings. The largest absolute Gasteiger partial charge is 0.324 e. The number of fused-ring (bicyclic) bond motifs is 1. The van der Waals surface area contributed by atoms with E-state index in [9.17, 15) is 0 Å². The Kier molecular flexibility index (Phi) is 4.38. The fraction of sp³-hybridized carbons (Fsp3) is 0.600. The van der Waals surface area contributed by atoms with Crippen LogP contribution >= 0.6 is 0 Å². The zero-order valence-corrected chi connectivity index (χ0v) is 11.7. The molecule has 1 aliphatic carbocycles. The monoisotopic (exact) mass is 247 g/mol. The van der Waals surface area contributed by atoms with Gasteiger partial charge in [0.05, 0.1) is 0 Å². The van der Waals surface area contributed by atoms with Crippen molar-refractivity contribution in [3.63, 3.8) is 0 Å². The third-order valence-electron chi connectivity index (χ3n) is 4.00. The maximum Gasteiger partial charge on any atom is 0.0342 e. The van der Waals surface area contributed by atoms with E-state index in [1.165, 1.54) is 11.1 Å². The molecular weight excluding hydrogens is 222 g/mol. The smallest absolute Gasteiger partial charge is 0.0342 e. The molecule has 2 atom stereocenters. The Hall–Kier alpha value is -0.900. The predicted molar refractivity (Wildman–Crippen MR) is 76.5 cm³/mol. The highest BCUT2D eigenvalue weighted by atomic mass is 15.1. The minimum Gasteiger partial charge on any atom is -0.324 e. The van der Waals surface area contributed by atoms with Gasteiger partial charge in [-0.3, -0.25) is 0 Å². The summed E-state index contributed by atoms with van der Waals surface area (Å²) in [5.74, 6) is 0. The molecule has 0 aliphatic heterocycles. The number of benzene rings is 1. The molecular formula is C15H25N3. The first kappa shape index (κ1) is 13.5. The van der Waals surface area contributed by atoms with Crippen molar-refractivity contribution in [2.75, 3.05) is 20.1 Å². The second-order valence-electron chi connectivity index (χ2n) is 5.55. The number of nitrogens with one attached hydrogen (secondary N) is 1. The van der Waals surface area contributed by atoms with E-state index in [0.29, 0.717) is 12.1 Å². The molecule has 2 unspecified atom stereocenters. The number of nitrogens with two attached hydrogens (primary N) is 1. The van der Waals surface area contributed by atoms with Gasteiger partial charge >= 0.3 is 0 Å². The molecule has 2 rings (SSSR count). The van der Waals surface area contributed by atoms with Gasteiger partial charge in [-0.05, 0) is 38.4 Å². The minimum absolute atomic E-state index is 0.196. The summed E-state index contributed by atoms with van der Waals surface area (Å²) in [6, 6.07) is 9.76. The second-order valence-corrected chi connectivity index (χ2v) is 5.55. The number of hydrogen-bond acceptors (Lipinski definition) is 3. The lowest BCUT2D eigenvalue weighted by molar-refractivity contribution is 0.268. The average molecular weight is 247 g/mol. The van der Waals surface area contributed by atoms with E-state index < -0.39 is 0 Å². The molecule has 0 heterocycles. The minimum atomic E-state index is 0.196. The average Bonchev–Trinajstić information content (AvgIpc) is 2.67. The third kappa shape index (κ3) is 2.91. The molecule has 3 heteroatoms. The Bertz CT molecular complexity index is 389. The Morgan fingerprint density at radius 2 is 2.00 bits per heavy atom. The van der Waals surface area contributed by atoms with Crippen LogP contribution in [0.15, 0.2) is 24.3 Å². The molecule has 0 spiro atoms. The molecule has 0 bridgehead atoms. The van der Waals surface area contributed by atoms with E-state index in [2.05, 4.69) is 55.4 Å². The number of hydrogen-bond donors (Lipinski definition) is 2. The van der Waals surface area contributed by atoms with E-state index >= 15 is 0 Å². The van der Waals surface area contributed by atoms with Gasteiger partial charge in [0.25, 0.3) is 0 Å². The van der Waals surface area contributed by atoms with E-state index in [1.807, 2.05) is 0 Å². The molecule has 100 valence electrons. The number of rotatable bonds is 5. The highest BCUT2D eigenvalue weighted by Crippen LogP contribution is 2.36. The molecule has 3 nitrogen and oxygen atoms in total. The highest BCUT2D eigenvalue weighted by Gasteiger charge is 2.27. The molecule has 0 saturated heterocycles. The quantitative estimate of drug-likeness (QED) is 0.837. The van der Waals surface area contributed by atoms with Crippen LogP contribution < -0.4 is 11.1 Å². The van der Waals surface area contributed by atoms with Gasteiger partial charge in [0.1, 0.15) is 0 Å². The van der Waals surface area contributed by atoms with Gasteiger partial charge in [-0.1, -0.05) is 24.3 Å². The predicted octanol–water partition coefficient (Wildman–Crippen LogP) is 2.06. The molecule has 0 radical (unpaired) electrons. The summed E-state index contributed by atoms with van der Waals surface area (Å²) in [5, 5.41) is 3.63. The summed E-state index contributed by atoms with van der Waals surface area (Å²) in [6.45, 7) is 6.54. The van der Waals surface area contributed by atoms with Crippen molar-refractivity contribution in [1.29, 1.82) is 0 Å². The fourth-order valence-electron chi connectivity index (χ4n) is 2.54. The summed E-state index contributed by atoms with van der Waals surface area (Å²) < 4.78 is 0. The van der Waals surface area contributed by atoms with Crippen LogP contribution in [0.25, 0.3) is 0 Å². The Labute approximate surface area is 110 Å². The van der Waals surface area contributed by atoms with Gasteiger partial charge in [0.15, 0.2) is 0 Å². The van der Waals surface area contributed by atoms with Crippen molar-refractivity contribution in [3.05, 3.63) is 35.4 Å². The summed E-state index contributed by atoms with van der Waals surface area (Å²) >= 11 is 0. The molecule has 3 N–H and O–H groups in total. The standard InChI is InChI=1S/C15H25N3/c1-11(2)18(3)9-8-17-15-10-14(16)12-6-4-5-7-13(12)15/h4-7,11,14-15,17H,8-10,16H2,1-3H3. The van der Waals surface area contributed by atoms with Crippen LogP contribution in [0.5, 0.6) is 0 Å².